The molecule has 1 N–H and O–H groups in total. The topological polar surface area (TPSA) is 63.1 Å². The van der Waals surface area contributed by atoms with Crippen LogP contribution in [0.2, 0.25) is 0 Å². The van der Waals surface area contributed by atoms with E-state index in [1.807, 2.05) is 18.5 Å². The summed E-state index contributed by atoms with van der Waals surface area (Å²) in [5.41, 5.74) is 1.07. The second kappa shape index (κ2) is 6.47. The minimum Gasteiger partial charge on any atom is -0.354 e. The SMILES string of the molecule is CC(C)NC(=O)[C@H]1CN2CCC1C[C@@H]2Cn1cc(C(C)(C)C)nn1. The molecule has 6 heteroatoms. The van der Waals surface area contributed by atoms with E-state index >= 15 is 0 Å². The van der Waals surface area contributed by atoms with Gasteiger partial charge in [0, 0.05) is 30.2 Å². The third-order valence-electron chi connectivity index (χ3n) is 5.35. The van der Waals surface area contributed by atoms with Crippen LogP contribution in [0.25, 0.3) is 0 Å². The van der Waals surface area contributed by atoms with Gasteiger partial charge in [0.15, 0.2) is 0 Å². The number of hydrogen-bond acceptors (Lipinski definition) is 4. The molecule has 3 aliphatic heterocycles. The number of carbonyl (C=O) groups is 1. The highest BCUT2D eigenvalue weighted by Gasteiger charge is 2.43. The summed E-state index contributed by atoms with van der Waals surface area (Å²) in [4.78, 5) is 14.9. The number of nitrogens with one attached hydrogen (secondary N) is 1. The molecule has 0 saturated carbocycles. The highest BCUT2D eigenvalue weighted by atomic mass is 16.2. The minimum absolute atomic E-state index is 0.0319. The number of fused-ring (bicyclic) bond motifs is 3. The van der Waals surface area contributed by atoms with Gasteiger partial charge in [0.05, 0.1) is 18.2 Å². The quantitative estimate of drug-likeness (QED) is 0.913. The zero-order valence-electron chi connectivity index (χ0n) is 15.6. The number of aromatic nitrogens is 3. The van der Waals surface area contributed by atoms with E-state index in [0.29, 0.717) is 12.0 Å². The van der Waals surface area contributed by atoms with Gasteiger partial charge in [-0.3, -0.25) is 14.4 Å². The van der Waals surface area contributed by atoms with E-state index in [4.69, 9.17) is 0 Å². The fraction of sp³-hybridized carbons (Fsp3) is 0.833. The van der Waals surface area contributed by atoms with Gasteiger partial charge in [-0.1, -0.05) is 26.0 Å². The molecule has 2 bridgehead atoms. The first kappa shape index (κ1) is 17.4. The first-order valence-corrected chi connectivity index (χ1v) is 9.19. The summed E-state index contributed by atoms with van der Waals surface area (Å²) < 4.78 is 1.98. The Morgan fingerprint density at radius 3 is 2.71 bits per heavy atom. The Hall–Kier alpha value is -1.43. The molecule has 4 heterocycles. The number of carbonyl (C=O) groups excluding carboxylic acids is 1. The molecule has 0 radical (unpaired) electrons. The Bertz CT molecular complexity index is 588. The van der Waals surface area contributed by atoms with E-state index in [2.05, 4.69) is 47.5 Å². The molecule has 2 unspecified atom stereocenters. The fourth-order valence-corrected chi connectivity index (χ4v) is 3.96. The summed E-state index contributed by atoms with van der Waals surface area (Å²) in [6.45, 7) is 13.4. The monoisotopic (exact) mass is 333 g/mol. The zero-order valence-corrected chi connectivity index (χ0v) is 15.6. The largest absolute Gasteiger partial charge is 0.354 e. The lowest BCUT2D eigenvalue weighted by Crippen LogP contribution is -2.58. The van der Waals surface area contributed by atoms with Crippen LogP contribution in [0.3, 0.4) is 0 Å². The van der Waals surface area contributed by atoms with E-state index in [-0.39, 0.29) is 23.3 Å². The van der Waals surface area contributed by atoms with E-state index in [1.165, 1.54) is 0 Å². The van der Waals surface area contributed by atoms with Crippen LogP contribution < -0.4 is 5.32 Å². The summed E-state index contributed by atoms with van der Waals surface area (Å²) in [5.74, 6) is 0.886. The van der Waals surface area contributed by atoms with Gasteiger partial charge in [-0.15, -0.1) is 5.10 Å². The lowest BCUT2D eigenvalue weighted by molar-refractivity contribution is -0.133. The molecule has 24 heavy (non-hydrogen) atoms. The number of rotatable bonds is 4. The predicted molar refractivity (Wildman–Crippen MR) is 93.6 cm³/mol. The van der Waals surface area contributed by atoms with Crippen molar-refractivity contribution in [3.63, 3.8) is 0 Å². The van der Waals surface area contributed by atoms with E-state index in [0.717, 1.165) is 38.2 Å². The Labute approximate surface area is 145 Å². The first-order valence-electron chi connectivity index (χ1n) is 9.19. The maximum Gasteiger partial charge on any atom is 0.224 e. The van der Waals surface area contributed by atoms with Crippen molar-refractivity contribution in [2.75, 3.05) is 13.1 Å². The third-order valence-corrected chi connectivity index (χ3v) is 5.35. The molecule has 6 nitrogen and oxygen atoms in total. The highest BCUT2D eigenvalue weighted by molar-refractivity contribution is 5.79. The molecule has 4 rings (SSSR count). The van der Waals surface area contributed by atoms with Crippen molar-refractivity contribution in [2.45, 2.75) is 71.5 Å². The molecule has 3 fully saturated rings. The van der Waals surface area contributed by atoms with Gasteiger partial charge in [-0.05, 0) is 39.2 Å². The van der Waals surface area contributed by atoms with Crippen LogP contribution in [0.5, 0.6) is 0 Å². The molecule has 0 aliphatic carbocycles. The molecule has 4 atom stereocenters. The maximum atomic E-state index is 12.4. The molecule has 1 amide bonds. The summed E-state index contributed by atoms with van der Waals surface area (Å²) in [7, 11) is 0. The van der Waals surface area contributed by atoms with Crippen molar-refractivity contribution in [1.29, 1.82) is 0 Å². The van der Waals surface area contributed by atoms with Crippen molar-refractivity contribution >= 4 is 5.91 Å². The molecule has 1 aromatic rings. The maximum absolute atomic E-state index is 12.4. The number of amides is 1. The molecule has 3 saturated heterocycles. The predicted octanol–water partition coefficient (Wildman–Crippen LogP) is 1.81. The van der Waals surface area contributed by atoms with E-state index < -0.39 is 0 Å². The molecule has 1 aromatic heterocycles. The van der Waals surface area contributed by atoms with Crippen LogP contribution in [-0.4, -0.2) is 51.0 Å². The average Bonchev–Trinajstić information content (AvgIpc) is 2.96. The van der Waals surface area contributed by atoms with Crippen molar-refractivity contribution in [3.05, 3.63) is 11.9 Å². The first-order chi connectivity index (χ1) is 11.2. The second-order valence-electron chi connectivity index (χ2n) is 8.78. The van der Waals surface area contributed by atoms with Gasteiger partial charge in [0.25, 0.3) is 0 Å². The van der Waals surface area contributed by atoms with Crippen LogP contribution in [0.1, 0.15) is 53.2 Å². The lowest BCUT2D eigenvalue weighted by Gasteiger charge is -2.49. The summed E-state index contributed by atoms with van der Waals surface area (Å²) >= 11 is 0. The van der Waals surface area contributed by atoms with Crippen LogP contribution in [0.4, 0.5) is 0 Å². The molecule has 134 valence electrons. The van der Waals surface area contributed by atoms with Crippen molar-refractivity contribution in [2.24, 2.45) is 11.8 Å². The van der Waals surface area contributed by atoms with Gasteiger partial charge in [0.2, 0.25) is 5.91 Å². The normalized spacial score (nSPS) is 29.9. The Balaban J connectivity index is 1.62. The molecule has 3 aliphatic rings. The van der Waals surface area contributed by atoms with Crippen molar-refractivity contribution in [3.8, 4) is 0 Å². The number of hydrogen-bond donors (Lipinski definition) is 1. The van der Waals surface area contributed by atoms with Crippen molar-refractivity contribution < 1.29 is 4.79 Å². The highest BCUT2D eigenvalue weighted by Crippen LogP contribution is 2.37. The van der Waals surface area contributed by atoms with Gasteiger partial charge in [0.1, 0.15) is 0 Å². The van der Waals surface area contributed by atoms with Crippen LogP contribution >= 0.6 is 0 Å². The molecule has 0 spiro atoms. The third kappa shape index (κ3) is 3.63. The zero-order chi connectivity index (χ0) is 17.5. The fourth-order valence-electron chi connectivity index (χ4n) is 3.96. The number of nitrogens with zero attached hydrogens (tertiary/aromatic N) is 4. The van der Waals surface area contributed by atoms with Crippen LogP contribution in [0, 0.1) is 11.8 Å². The Morgan fingerprint density at radius 2 is 2.17 bits per heavy atom. The van der Waals surface area contributed by atoms with Gasteiger partial charge in [-0.2, -0.15) is 0 Å². The Kier molecular flexibility index (Phi) is 4.69. The summed E-state index contributed by atoms with van der Waals surface area (Å²) in [6, 6.07) is 0.691. The minimum atomic E-state index is 0.0319. The second-order valence-corrected chi connectivity index (χ2v) is 8.78. The molecular formula is C18H31N5O. The summed E-state index contributed by atoms with van der Waals surface area (Å²) in [6.07, 6.45) is 4.30. The summed E-state index contributed by atoms with van der Waals surface area (Å²) in [5, 5.41) is 11.7. The Morgan fingerprint density at radius 1 is 1.42 bits per heavy atom. The van der Waals surface area contributed by atoms with E-state index in [1.54, 1.807) is 0 Å². The van der Waals surface area contributed by atoms with Gasteiger partial charge < -0.3 is 5.32 Å². The molecular weight excluding hydrogens is 302 g/mol. The lowest BCUT2D eigenvalue weighted by atomic mass is 9.75. The van der Waals surface area contributed by atoms with Crippen LogP contribution in [-0.2, 0) is 16.8 Å². The van der Waals surface area contributed by atoms with Gasteiger partial charge in [-0.25, -0.2) is 0 Å². The smallest absolute Gasteiger partial charge is 0.224 e. The number of piperidine rings is 3. The van der Waals surface area contributed by atoms with E-state index in [9.17, 15) is 4.79 Å². The van der Waals surface area contributed by atoms with Gasteiger partial charge >= 0.3 is 0 Å². The average molecular weight is 333 g/mol. The molecule has 0 aromatic carbocycles. The van der Waals surface area contributed by atoms with Crippen molar-refractivity contribution in [1.82, 2.24) is 25.2 Å². The standard InChI is InChI=1S/C18H31N5O/c1-12(2)19-17(24)15-10-22-7-6-13(15)8-14(22)9-23-11-16(20-21-23)18(3,4)5/h11-15H,6-10H2,1-5H3,(H,19,24)/t13?,14-,15+/m1/s1. The van der Waals surface area contributed by atoms with Crippen LogP contribution in [0.15, 0.2) is 6.20 Å².